The number of hydrogen-bond donors (Lipinski definition) is 2. The first-order valence-electron chi connectivity index (χ1n) is 16.4. The topological polar surface area (TPSA) is 122 Å². The molecule has 4 rings (SSSR count). The second-order valence-electron chi connectivity index (χ2n) is 11.1. The van der Waals surface area contributed by atoms with Crippen LogP contribution in [-0.2, 0) is 19.1 Å². The van der Waals surface area contributed by atoms with Gasteiger partial charge in [-0.15, -0.1) is 0 Å². The van der Waals surface area contributed by atoms with Crippen LogP contribution in [0, 0.1) is 0 Å². The highest BCUT2D eigenvalue weighted by Gasteiger charge is 2.20. The molecule has 0 aliphatic carbocycles. The molecule has 0 spiro atoms. The minimum atomic E-state index is -0.250. The van der Waals surface area contributed by atoms with Gasteiger partial charge in [0.05, 0.1) is 30.1 Å². The number of benzene rings is 2. The molecular weight excluding hydrogens is 606 g/mol. The maximum Gasteiger partial charge on any atom is 0.305 e. The Morgan fingerprint density at radius 3 is 2.37 bits per heavy atom. The Labute approximate surface area is 275 Å². The van der Waals surface area contributed by atoms with Crippen LogP contribution in [0.1, 0.15) is 62.7 Å². The van der Waals surface area contributed by atoms with Crippen molar-refractivity contribution in [1.82, 2.24) is 14.6 Å². The van der Waals surface area contributed by atoms with E-state index in [1.54, 1.807) is 37.5 Å². The smallest absolute Gasteiger partial charge is 0.305 e. The monoisotopic (exact) mass is 653 g/mol. The summed E-state index contributed by atoms with van der Waals surface area (Å²) in [5, 5.41) is 7.58. The van der Waals surface area contributed by atoms with E-state index < -0.39 is 0 Å². The molecule has 0 radical (unpaired) electrons. The summed E-state index contributed by atoms with van der Waals surface area (Å²) in [5.41, 5.74) is 1.15. The maximum absolute atomic E-state index is 13.3. The second kappa shape index (κ2) is 18.9. The molecule has 0 bridgehead atoms. The average Bonchev–Trinajstić information content (AvgIpc) is 3.50. The van der Waals surface area contributed by atoms with E-state index >= 15 is 0 Å². The van der Waals surface area contributed by atoms with E-state index in [0.717, 1.165) is 51.4 Å². The molecule has 3 aromatic rings. The van der Waals surface area contributed by atoms with Crippen LogP contribution >= 0.6 is 11.5 Å². The second-order valence-corrected chi connectivity index (χ2v) is 11.9. The number of esters is 2. The van der Waals surface area contributed by atoms with Crippen LogP contribution in [0.15, 0.2) is 42.5 Å². The molecule has 250 valence electrons. The number of anilines is 2. The molecule has 1 aliphatic rings. The van der Waals surface area contributed by atoms with Crippen molar-refractivity contribution < 1.29 is 28.6 Å². The van der Waals surface area contributed by atoms with E-state index in [1.807, 2.05) is 6.07 Å². The lowest BCUT2D eigenvalue weighted by Gasteiger charge is -2.35. The summed E-state index contributed by atoms with van der Waals surface area (Å²) in [4.78, 5) is 41.4. The van der Waals surface area contributed by atoms with E-state index in [1.165, 1.54) is 10.1 Å². The quantitative estimate of drug-likeness (QED) is 0.133. The van der Waals surface area contributed by atoms with Crippen LogP contribution in [0.5, 0.6) is 5.75 Å². The number of rotatable bonds is 19. The van der Waals surface area contributed by atoms with Crippen LogP contribution in [0.3, 0.4) is 0 Å². The average molecular weight is 654 g/mol. The number of ether oxygens (including phenoxy) is 3. The number of piperazine rings is 1. The van der Waals surface area contributed by atoms with Gasteiger partial charge in [-0.05, 0) is 87.9 Å². The highest BCUT2D eigenvalue weighted by atomic mass is 32.1. The molecule has 1 saturated heterocycles. The van der Waals surface area contributed by atoms with Gasteiger partial charge in [0.25, 0.3) is 5.91 Å². The molecular formula is C34H47N5O6S. The Bertz CT molecular complexity index is 1410. The number of unbranched alkanes of at least 4 members (excludes halogenated alkanes) is 1. The first kappa shape index (κ1) is 35.0. The lowest BCUT2D eigenvalue weighted by atomic mass is 10.1. The normalized spacial score (nSPS) is 13.4. The lowest BCUT2D eigenvalue weighted by Crippen LogP contribution is -2.46. The Hall–Kier alpha value is -3.90. The van der Waals surface area contributed by atoms with E-state index in [-0.39, 0.29) is 24.3 Å². The van der Waals surface area contributed by atoms with Crippen LogP contribution in [0.25, 0.3) is 10.1 Å². The van der Waals surface area contributed by atoms with Gasteiger partial charge in [-0.1, -0.05) is 12.1 Å². The fraction of sp³-hybridized carbons (Fsp3) is 0.529. The number of carbonyl (C=O) groups is 3. The van der Waals surface area contributed by atoms with Crippen LogP contribution in [-0.4, -0.2) is 92.8 Å². The molecule has 46 heavy (non-hydrogen) atoms. The Morgan fingerprint density at radius 1 is 0.870 bits per heavy atom. The van der Waals surface area contributed by atoms with Gasteiger partial charge in [0.2, 0.25) is 0 Å². The van der Waals surface area contributed by atoms with Crippen LogP contribution < -0.4 is 20.3 Å². The highest BCUT2D eigenvalue weighted by molar-refractivity contribution is 7.13. The van der Waals surface area contributed by atoms with Gasteiger partial charge in [-0.25, -0.2) is 0 Å². The summed E-state index contributed by atoms with van der Waals surface area (Å²) < 4.78 is 21.7. The first-order valence-corrected chi connectivity index (χ1v) is 17.2. The number of carbonyl (C=O) groups excluding carboxylic acids is 3. The molecule has 1 fully saturated rings. The van der Waals surface area contributed by atoms with Gasteiger partial charge >= 0.3 is 11.9 Å². The molecule has 11 nitrogen and oxygen atoms in total. The molecule has 0 atom stereocenters. The van der Waals surface area contributed by atoms with Crippen molar-refractivity contribution >= 4 is 51.0 Å². The third-order valence-electron chi connectivity index (χ3n) is 7.73. The molecule has 2 aromatic carbocycles. The number of nitrogens with one attached hydrogen (secondary N) is 2. The molecule has 1 amide bonds. The molecule has 1 aromatic heterocycles. The van der Waals surface area contributed by atoms with Gasteiger partial charge in [0.1, 0.15) is 11.6 Å². The molecule has 1 aliphatic heterocycles. The summed E-state index contributed by atoms with van der Waals surface area (Å²) in [6.45, 7) is 10.6. The van der Waals surface area contributed by atoms with Crippen molar-refractivity contribution in [3.05, 3.63) is 48.0 Å². The number of hydrogen-bond acceptors (Lipinski definition) is 11. The van der Waals surface area contributed by atoms with E-state index in [2.05, 4.69) is 44.7 Å². The minimum Gasteiger partial charge on any atom is -0.494 e. The van der Waals surface area contributed by atoms with Gasteiger partial charge in [0.15, 0.2) is 0 Å². The predicted octanol–water partition coefficient (Wildman–Crippen LogP) is 5.11. The minimum absolute atomic E-state index is 0.186. The summed E-state index contributed by atoms with van der Waals surface area (Å²) in [6.07, 6.45) is 3.55. The standard InChI is InChI=1S/C34H47N5O6S/c1-3-43-31(40)13-9-18-35-29-16-15-26(45-24-10-14-32(41)44-4-2)25-28(29)34(42)36-17-7-8-19-38-20-22-39(23-21-38)33-27-11-5-6-12-30(27)46-37-33/h5-6,11-12,15-16,25,35H,3-4,7-10,13-14,17-24H2,1-2H3,(H,36,42). The summed E-state index contributed by atoms with van der Waals surface area (Å²) in [5.74, 6) is 0.982. The van der Waals surface area contributed by atoms with Crippen molar-refractivity contribution in [2.75, 3.05) is 75.9 Å². The maximum atomic E-state index is 13.3. The van der Waals surface area contributed by atoms with Gasteiger partial charge < -0.3 is 29.7 Å². The van der Waals surface area contributed by atoms with E-state index in [9.17, 15) is 14.4 Å². The highest BCUT2D eigenvalue weighted by Crippen LogP contribution is 2.30. The number of amides is 1. The molecule has 0 saturated carbocycles. The van der Waals surface area contributed by atoms with Gasteiger partial charge in [-0.2, -0.15) is 4.37 Å². The first-order chi connectivity index (χ1) is 22.5. The predicted molar refractivity (Wildman–Crippen MR) is 182 cm³/mol. The zero-order chi connectivity index (χ0) is 32.6. The van der Waals surface area contributed by atoms with Gasteiger partial charge in [0, 0.05) is 63.2 Å². The Balaban J connectivity index is 1.21. The lowest BCUT2D eigenvalue weighted by molar-refractivity contribution is -0.144. The molecule has 12 heteroatoms. The summed E-state index contributed by atoms with van der Waals surface area (Å²) >= 11 is 1.56. The SMILES string of the molecule is CCOC(=O)CCCNc1ccc(OCCCC(=O)OCC)cc1C(=O)NCCCCN1CCN(c2nsc3ccccc23)CC1. The van der Waals surface area contributed by atoms with Gasteiger partial charge in [-0.3, -0.25) is 19.3 Å². The third-order valence-corrected chi connectivity index (χ3v) is 8.55. The molecule has 0 unspecified atom stereocenters. The Morgan fingerprint density at radius 2 is 1.61 bits per heavy atom. The number of fused-ring (bicyclic) bond motifs is 1. The molecule has 2 heterocycles. The fourth-order valence-electron chi connectivity index (χ4n) is 5.33. The summed E-state index contributed by atoms with van der Waals surface area (Å²) in [6, 6.07) is 13.7. The van der Waals surface area contributed by atoms with Crippen LogP contribution in [0.4, 0.5) is 11.5 Å². The van der Waals surface area contributed by atoms with E-state index in [4.69, 9.17) is 18.6 Å². The number of nitrogens with zero attached hydrogens (tertiary/aromatic N) is 3. The molecule has 2 N–H and O–H groups in total. The summed E-state index contributed by atoms with van der Waals surface area (Å²) in [7, 11) is 0. The number of aromatic nitrogens is 1. The third kappa shape index (κ3) is 10.9. The van der Waals surface area contributed by atoms with Crippen molar-refractivity contribution in [2.24, 2.45) is 0 Å². The van der Waals surface area contributed by atoms with Crippen LogP contribution in [0.2, 0.25) is 0 Å². The zero-order valence-electron chi connectivity index (χ0n) is 27.1. The van der Waals surface area contributed by atoms with Crippen molar-refractivity contribution in [3.8, 4) is 5.75 Å². The fourth-order valence-corrected chi connectivity index (χ4v) is 6.12. The van der Waals surface area contributed by atoms with Crippen molar-refractivity contribution in [2.45, 2.75) is 52.4 Å². The zero-order valence-corrected chi connectivity index (χ0v) is 27.9. The van der Waals surface area contributed by atoms with Crippen molar-refractivity contribution in [3.63, 3.8) is 0 Å². The van der Waals surface area contributed by atoms with E-state index in [0.29, 0.717) is 69.2 Å². The van der Waals surface area contributed by atoms with Crippen molar-refractivity contribution in [1.29, 1.82) is 0 Å². The largest absolute Gasteiger partial charge is 0.494 e. The Kier molecular flexibility index (Phi) is 14.4.